The van der Waals surface area contributed by atoms with Gasteiger partial charge in [-0.3, -0.25) is 0 Å². The van der Waals surface area contributed by atoms with E-state index in [0.29, 0.717) is 17.3 Å². The summed E-state index contributed by atoms with van der Waals surface area (Å²) in [5.74, 6) is 1.12. The van der Waals surface area contributed by atoms with Crippen LogP contribution in [0.1, 0.15) is 93.3 Å². The molecular weight excluding hydrogens is 467 g/mol. The second kappa shape index (κ2) is 14.1. The highest BCUT2D eigenvalue weighted by molar-refractivity contribution is 5.53. The molecule has 8 heteroatoms. The SMILES string of the molecule is CCCCCCCCCCCc1noc(-c2ccc(C(Cc3cccc(C(F)(F)F)c3)NO)cc2)n1. The molecule has 196 valence electrons. The molecular formula is C28H36F3N3O2. The first-order valence-corrected chi connectivity index (χ1v) is 12.9. The van der Waals surface area contributed by atoms with Crippen molar-refractivity contribution in [3.05, 3.63) is 71.0 Å². The third kappa shape index (κ3) is 8.75. The zero-order valence-electron chi connectivity index (χ0n) is 20.9. The smallest absolute Gasteiger partial charge is 0.334 e. The van der Waals surface area contributed by atoms with Gasteiger partial charge in [-0.2, -0.15) is 23.6 Å². The Hall–Kier alpha value is -2.71. The van der Waals surface area contributed by atoms with E-state index in [0.717, 1.165) is 42.5 Å². The van der Waals surface area contributed by atoms with Crippen LogP contribution >= 0.6 is 0 Å². The highest BCUT2D eigenvalue weighted by atomic mass is 19.4. The molecule has 1 unspecified atom stereocenters. The predicted octanol–water partition coefficient (Wildman–Crippen LogP) is 8.09. The van der Waals surface area contributed by atoms with Crippen molar-refractivity contribution in [2.24, 2.45) is 0 Å². The Morgan fingerprint density at radius 3 is 2.22 bits per heavy atom. The summed E-state index contributed by atoms with van der Waals surface area (Å²) in [4.78, 5) is 4.49. The molecule has 0 saturated carbocycles. The number of benzene rings is 2. The standard InChI is InChI=1S/C28H36F3N3O2/c1-2-3-4-5-6-7-8-9-10-14-26-32-27(36-34-26)23-17-15-22(16-18-23)25(33-35)20-21-12-11-13-24(19-21)28(29,30)31/h11-13,15-19,25,33,35H,2-10,14,20H2,1H3. The first-order valence-electron chi connectivity index (χ1n) is 12.9. The minimum atomic E-state index is -4.41. The van der Waals surface area contributed by atoms with E-state index in [1.165, 1.54) is 51.0 Å². The topological polar surface area (TPSA) is 71.2 Å². The van der Waals surface area contributed by atoms with Crippen LogP contribution in [0.25, 0.3) is 11.5 Å². The summed E-state index contributed by atoms with van der Waals surface area (Å²) in [5, 5.41) is 13.7. The summed E-state index contributed by atoms with van der Waals surface area (Å²) in [6.07, 6.45) is 7.89. The quantitative estimate of drug-likeness (QED) is 0.162. The maximum Gasteiger partial charge on any atom is 0.416 e. The number of unbranched alkanes of at least 4 members (excludes halogenated alkanes) is 8. The van der Waals surface area contributed by atoms with Gasteiger partial charge in [0, 0.05) is 12.0 Å². The molecule has 1 aromatic heterocycles. The Balaban J connectivity index is 1.49. The minimum Gasteiger partial charge on any atom is -0.334 e. The van der Waals surface area contributed by atoms with Gasteiger partial charge in [0.05, 0.1) is 11.6 Å². The molecule has 0 spiro atoms. The number of halogens is 3. The number of hydroxylamine groups is 1. The van der Waals surface area contributed by atoms with E-state index in [4.69, 9.17) is 4.52 Å². The normalized spacial score (nSPS) is 12.7. The van der Waals surface area contributed by atoms with Crippen LogP contribution in [0.4, 0.5) is 13.2 Å². The van der Waals surface area contributed by atoms with Crippen molar-refractivity contribution >= 4 is 0 Å². The van der Waals surface area contributed by atoms with Crippen LogP contribution in [0, 0.1) is 0 Å². The molecule has 2 aromatic carbocycles. The molecule has 0 saturated heterocycles. The molecule has 0 amide bonds. The number of alkyl halides is 3. The number of hydrogen-bond acceptors (Lipinski definition) is 5. The zero-order valence-corrected chi connectivity index (χ0v) is 20.9. The van der Waals surface area contributed by atoms with Crippen molar-refractivity contribution in [1.82, 2.24) is 15.6 Å². The molecule has 0 aliphatic carbocycles. The van der Waals surface area contributed by atoms with E-state index < -0.39 is 17.8 Å². The van der Waals surface area contributed by atoms with Crippen LogP contribution in [0.5, 0.6) is 0 Å². The molecule has 1 heterocycles. The van der Waals surface area contributed by atoms with Gasteiger partial charge in [0.25, 0.3) is 5.89 Å². The van der Waals surface area contributed by atoms with E-state index in [1.54, 1.807) is 18.2 Å². The molecule has 2 N–H and O–H groups in total. The van der Waals surface area contributed by atoms with E-state index in [1.807, 2.05) is 12.1 Å². The molecule has 0 aliphatic rings. The van der Waals surface area contributed by atoms with Crippen LogP contribution < -0.4 is 5.48 Å². The highest BCUT2D eigenvalue weighted by Crippen LogP contribution is 2.31. The minimum absolute atomic E-state index is 0.198. The Labute approximate surface area is 211 Å². The summed E-state index contributed by atoms with van der Waals surface area (Å²) < 4.78 is 44.4. The Bertz CT molecular complexity index is 1040. The predicted molar refractivity (Wildman–Crippen MR) is 133 cm³/mol. The van der Waals surface area contributed by atoms with Gasteiger partial charge in [-0.15, -0.1) is 0 Å². The first-order chi connectivity index (χ1) is 17.4. The van der Waals surface area contributed by atoms with Crippen LogP contribution in [-0.2, 0) is 19.0 Å². The summed E-state index contributed by atoms with van der Waals surface area (Å²) in [6, 6.07) is 11.8. The number of nitrogens with one attached hydrogen (secondary N) is 1. The number of nitrogens with zero attached hydrogens (tertiary/aromatic N) is 2. The first kappa shape index (κ1) is 27.9. The average molecular weight is 504 g/mol. The maximum absolute atomic E-state index is 13.0. The van der Waals surface area contributed by atoms with E-state index in [2.05, 4.69) is 22.5 Å². The van der Waals surface area contributed by atoms with Gasteiger partial charge in [0.2, 0.25) is 0 Å². The Kier molecular flexibility index (Phi) is 10.9. The van der Waals surface area contributed by atoms with Gasteiger partial charge in [-0.25, -0.2) is 0 Å². The van der Waals surface area contributed by atoms with Gasteiger partial charge >= 0.3 is 6.18 Å². The van der Waals surface area contributed by atoms with Crippen molar-refractivity contribution in [1.29, 1.82) is 0 Å². The lowest BCUT2D eigenvalue weighted by atomic mass is 9.97. The molecule has 5 nitrogen and oxygen atoms in total. The van der Waals surface area contributed by atoms with Crippen molar-refractivity contribution in [3.63, 3.8) is 0 Å². The van der Waals surface area contributed by atoms with Gasteiger partial charge in [-0.05, 0) is 42.2 Å². The fraction of sp³-hybridized carbons (Fsp3) is 0.500. The van der Waals surface area contributed by atoms with Crippen molar-refractivity contribution in [2.45, 2.75) is 89.8 Å². The maximum atomic E-state index is 13.0. The zero-order chi connectivity index (χ0) is 25.8. The van der Waals surface area contributed by atoms with Gasteiger partial charge in [0.15, 0.2) is 5.82 Å². The van der Waals surface area contributed by atoms with Gasteiger partial charge < -0.3 is 9.73 Å². The summed E-state index contributed by atoms with van der Waals surface area (Å²) >= 11 is 0. The number of aryl methyl sites for hydroxylation is 1. The van der Waals surface area contributed by atoms with Crippen LogP contribution in [-0.4, -0.2) is 15.3 Å². The van der Waals surface area contributed by atoms with E-state index >= 15 is 0 Å². The molecule has 36 heavy (non-hydrogen) atoms. The molecule has 3 aromatic rings. The monoisotopic (exact) mass is 503 g/mol. The average Bonchev–Trinajstić information content (AvgIpc) is 3.35. The summed E-state index contributed by atoms with van der Waals surface area (Å²) in [5.41, 5.74) is 3.45. The fourth-order valence-corrected chi connectivity index (χ4v) is 4.27. The Morgan fingerprint density at radius 1 is 0.917 bits per heavy atom. The largest absolute Gasteiger partial charge is 0.416 e. The molecule has 0 radical (unpaired) electrons. The summed E-state index contributed by atoms with van der Waals surface area (Å²) in [6.45, 7) is 2.23. The molecule has 3 rings (SSSR count). The van der Waals surface area contributed by atoms with Crippen LogP contribution in [0.15, 0.2) is 53.1 Å². The molecule has 0 bridgehead atoms. The second-order valence-corrected chi connectivity index (χ2v) is 9.30. The van der Waals surface area contributed by atoms with Crippen molar-refractivity contribution in [2.75, 3.05) is 0 Å². The van der Waals surface area contributed by atoms with E-state index in [9.17, 15) is 18.4 Å². The fourth-order valence-electron chi connectivity index (χ4n) is 4.27. The summed E-state index contributed by atoms with van der Waals surface area (Å²) in [7, 11) is 0. The lowest BCUT2D eigenvalue weighted by Gasteiger charge is -2.17. The highest BCUT2D eigenvalue weighted by Gasteiger charge is 2.30. The van der Waals surface area contributed by atoms with Crippen LogP contribution in [0.3, 0.4) is 0 Å². The van der Waals surface area contributed by atoms with Crippen molar-refractivity contribution < 1.29 is 22.9 Å². The molecule has 1 atom stereocenters. The third-order valence-corrected chi connectivity index (χ3v) is 6.38. The number of rotatable bonds is 15. The van der Waals surface area contributed by atoms with Crippen molar-refractivity contribution in [3.8, 4) is 11.5 Å². The third-order valence-electron chi connectivity index (χ3n) is 6.38. The molecule has 0 aliphatic heterocycles. The lowest BCUT2D eigenvalue weighted by Crippen LogP contribution is -2.19. The number of aromatic nitrogens is 2. The second-order valence-electron chi connectivity index (χ2n) is 9.30. The number of hydrogen-bond donors (Lipinski definition) is 2. The Morgan fingerprint density at radius 2 is 1.58 bits per heavy atom. The van der Waals surface area contributed by atoms with Crippen LogP contribution in [0.2, 0.25) is 0 Å². The van der Waals surface area contributed by atoms with E-state index in [-0.39, 0.29) is 6.42 Å². The lowest BCUT2D eigenvalue weighted by molar-refractivity contribution is -0.137. The van der Waals surface area contributed by atoms with Gasteiger partial charge in [-0.1, -0.05) is 93.8 Å². The van der Waals surface area contributed by atoms with Gasteiger partial charge in [0.1, 0.15) is 0 Å². The molecule has 0 fully saturated rings.